The third-order valence-corrected chi connectivity index (χ3v) is 3.73. The lowest BCUT2D eigenvalue weighted by molar-refractivity contribution is 0.0946. The van der Waals surface area contributed by atoms with Crippen molar-refractivity contribution in [3.63, 3.8) is 0 Å². The third-order valence-electron chi connectivity index (χ3n) is 3.05. The first-order chi connectivity index (χ1) is 8.65. The standard InChI is InChI=1S/C14H15BrClNO/c15-12-6-11(7-13(16)8-12)14(18)17-9-10-4-2-1-3-5-10/h1-2,6-8,10H,3-5,9H2,(H,17,18). The summed E-state index contributed by atoms with van der Waals surface area (Å²) in [6.07, 6.45) is 7.71. The van der Waals surface area contributed by atoms with Crippen molar-refractivity contribution in [2.24, 2.45) is 5.92 Å². The van der Waals surface area contributed by atoms with Gasteiger partial charge in [-0.05, 0) is 43.4 Å². The Morgan fingerprint density at radius 2 is 2.22 bits per heavy atom. The highest BCUT2D eigenvalue weighted by molar-refractivity contribution is 9.10. The van der Waals surface area contributed by atoms with Crippen molar-refractivity contribution in [1.82, 2.24) is 5.32 Å². The number of hydrogen-bond acceptors (Lipinski definition) is 1. The number of allylic oxidation sites excluding steroid dienone is 2. The molecule has 4 heteroatoms. The van der Waals surface area contributed by atoms with E-state index in [0.29, 0.717) is 16.5 Å². The predicted octanol–water partition coefficient (Wildman–Crippen LogP) is 4.19. The molecule has 0 aliphatic heterocycles. The Labute approximate surface area is 121 Å². The molecular formula is C14H15BrClNO. The SMILES string of the molecule is O=C(NCC1CC=CCC1)c1cc(Cl)cc(Br)c1. The van der Waals surface area contributed by atoms with E-state index in [1.54, 1.807) is 18.2 Å². The van der Waals surface area contributed by atoms with E-state index in [2.05, 4.69) is 33.4 Å². The van der Waals surface area contributed by atoms with Crippen molar-refractivity contribution in [2.45, 2.75) is 19.3 Å². The molecule has 0 bridgehead atoms. The Morgan fingerprint density at radius 1 is 1.39 bits per heavy atom. The summed E-state index contributed by atoms with van der Waals surface area (Å²) in [5.74, 6) is 0.495. The lowest BCUT2D eigenvalue weighted by atomic mass is 9.94. The fourth-order valence-corrected chi connectivity index (χ4v) is 2.93. The minimum Gasteiger partial charge on any atom is -0.352 e. The number of rotatable bonds is 3. The van der Waals surface area contributed by atoms with Gasteiger partial charge in [0.1, 0.15) is 0 Å². The molecule has 1 aromatic carbocycles. The molecule has 1 aliphatic rings. The first-order valence-electron chi connectivity index (χ1n) is 6.04. The van der Waals surface area contributed by atoms with Crippen LogP contribution in [0.25, 0.3) is 0 Å². The van der Waals surface area contributed by atoms with Crippen molar-refractivity contribution in [2.75, 3.05) is 6.54 Å². The monoisotopic (exact) mass is 327 g/mol. The van der Waals surface area contributed by atoms with Crippen LogP contribution >= 0.6 is 27.5 Å². The van der Waals surface area contributed by atoms with E-state index < -0.39 is 0 Å². The van der Waals surface area contributed by atoms with Crippen LogP contribution in [0.15, 0.2) is 34.8 Å². The summed E-state index contributed by atoms with van der Waals surface area (Å²) in [5, 5.41) is 3.54. The molecule has 1 aliphatic carbocycles. The number of halogens is 2. The van der Waals surface area contributed by atoms with Gasteiger partial charge < -0.3 is 5.32 Å². The molecular weight excluding hydrogens is 314 g/mol. The van der Waals surface area contributed by atoms with Crippen LogP contribution in [0.2, 0.25) is 5.02 Å². The number of amides is 1. The summed E-state index contributed by atoms with van der Waals surface area (Å²) in [5.41, 5.74) is 0.598. The van der Waals surface area contributed by atoms with Crippen LogP contribution in [0.1, 0.15) is 29.6 Å². The van der Waals surface area contributed by atoms with Gasteiger partial charge in [0.15, 0.2) is 0 Å². The van der Waals surface area contributed by atoms with Crippen molar-refractivity contribution < 1.29 is 4.79 Å². The van der Waals surface area contributed by atoms with Crippen LogP contribution in [-0.4, -0.2) is 12.5 Å². The molecule has 1 unspecified atom stereocenters. The highest BCUT2D eigenvalue weighted by Crippen LogP contribution is 2.20. The molecule has 1 aromatic rings. The summed E-state index contributed by atoms with van der Waals surface area (Å²) in [7, 11) is 0. The predicted molar refractivity (Wildman–Crippen MR) is 78.0 cm³/mol. The minimum atomic E-state index is -0.0623. The highest BCUT2D eigenvalue weighted by Gasteiger charge is 2.12. The molecule has 96 valence electrons. The maximum Gasteiger partial charge on any atom is 0.251 e. The van der Waals surface area contributed by atoms with Crippen LogP contribution in [0.5, 0.6) is 0 Å². The molecule has 18 heavy (non-hydrogen) atoms. The summed E-state index contributed by atoms with van der Waals surface area (Å²) in [4.78, 5) is 12.0. The zero-order chi connectivity index (χ0) is 13.0. The van der Waals surface area contributed by atoms with Crippen molar-refractivity contribution in [3.8, 4) is 0 Å². The van der Waals surface area contributed by atoms with Gasteiger partial charge in [-0.15, -0.1) is 0 Å². The number of hydrogen-bond donors (Lipinski definition) is 1. The molecule has 2 nitrogen and oxygen atoms in total. The summed E-state index contributed by atoms with van der Waals surface area (Å²) in [6, 6.07) is 5.23. The van der Waals surface area contributed by atoms with E-state index in [0.717, 1.165) is 30.3 Å². The summed E-state index contributed by atoms with van der Waals surface area (Å²) < 4.78 is 0.820. The molecule has 0 spiro atoms. The van der Waals surface area contributed by atoms with Gasteiger partial charge in [0, 0.05) is 21.6 Å². The molecule has 0 radical (unpaired) electrons. The molecule has 0 saturated carbocycles. The molecule has 0 fully saturated rings. The normalized spacial score (nSPS) is 18.7. The first kappa shape index (κ1) is 13.6. The molecule has 1 amide bonds. The van der Waals surface area contributed by atoms with Gasteiger partial charge in [0.25, 0.3) is 5.91 Å². The third kappa shape index (κ3) is 3.85. The maximum absolute atomic E-state index is 12.0. The van der Waals surface area contributed by atoms with Crippen LogP contribution in [0.4, 0.5) is 0 Å². The van der Waals surface area contributed by atoms with E-state index in [4.69, 9.17) is 11.6 Å². The van der Waals surface area contributed by atoms with Crippen LogP contribution in [0, 0.1) is 5.92 Å². The van der Waals surface area contributed by atoms with E-state index in [1.165, 1.54) is 0 Å². The quantitative estimate of drug-likeness (QED) is 0.828. The fourth-order valence-electron chi connectivity index (χ4n) is 2.07. The largest absolute Gasteiger partial charge is 0.352 e. The Kier molecular flexibility index (Phi) is 4.84. The smallest absolute Gasteiger partial charge is 0.251 e. The Morgan fingerprint density at radius 3 is 2.89 bits per heavy atom. The molecule has 1 N–H and O–H groups in total. The van der Waals surface area contributed by atoms with E-state index in [-0.39, 0.29) is 5.91 Å². The van der Waals surface area contributed by atoms with Gasteiger partial charge in [0.2, 0.25) is 0 Å². The van der Waals surface area contributed by atoms with E-state index in [9.17, 15) is 4.79 Å². The van der Waals surface area contributed by atoms with Crippen LogP contribution in [-0.2, 0) is 0 Å². The van der Waals surface area contributed by atoms with Crippen molar-refractivity contribution >= 4 is 33.4 Å². The number of carbonyl (C=O) groups excluding carboxylic acids is 1. The lowest BCUT2D eigenvalue weighted by Gasteiger charge is -2.18. The second-order valence-electron chi connectivity index (χ2n) is 4.52. The van der Waals surface area contributed by atoms with E-state index in [1.807, 2.05) is 0 Å². The number of benzene rings is 1. The second kappa shape index (κ2) is 6.39. The zero-order valence-corrected chi connectivity index (χ0v) is 12.3. The number of nitrogens with one attached hydrogen (secondary N) is 1. The second-order valence-corrected chi connectivity index (χ2v) is 5.87. The molecule has 0 heterocycles. The van der Waals surface area contributed by atoms with Crippen LogP contribution in [0.3, 0.4) is 0 Å². The Bertz CT molecular complexity index is 453. The van der Waals surface area contributed by atoms with Gasteiger partial charge in [-0.1, -0.05) is 39.7 Å². The van der Waals surface area contributed by atoms with Gasteiger partial charge in [-0.25, -0.2) is 0 Å². The zero-order valence-electron chi connectivity index (χ0n) is 9.96. The van der Waals surface area contributed by atoms with Gasteiger partial charge >= 0.3 is 0 Å². The topological polar surface area (TPSA) is 29.1 Å². The van der Waals surface area contributed by atoms with Gasteiger partial charge in [-0.3, -0.25) is 4.79 Å². The molecule has 2 rings (SSSR count). The summed E-state index contributed by atoms with van der Waals surface area (Å²) >= 11 is 9.26. The van der Waals surface area contributed by atoms with Crippen molar-refractivity contribution in [1.29, 1.82) is 0 Å². The summed E-state index contributed by atoms with van der Waals surface area (Å²) in [6.45, 7) is 0.729. The molecule has 0 aromatic heterocycles. The number of carbonyl (C=O) groups is 1. The maximum atomic E-state index is 12.0. The lowest BCUT2D eigenvalue weighted by Crippen LogP contribution is -2.29. The minimum absolute atomic E-state index is 0.0623. The average molecular weight is 329 g/mol. The highest BCUT2D eigenvalue weighted by atomic mass is 79.9. The van der Waals surface area contributed by atoms with Gasteiger partial charge in [0.05, 0.1) is 0 Å². The molecule has 0 saturated heterocycles. The Balaban J connectivity index is 1.92. The van der Waals surface area contributed by atoms with Crippen molar-refractivity contribution in [3.05, 3.63) is 45.4 Å². The van der Waals surface area contributed by atoms with E-state index >= 15 is 0 Å². The van der Waals surface area contributed by atoms with Gasteiger partial charge in [-0.2, -0.15) is 0 Å². The fraction of sp³-hybridized carbons (Fsp3) is 0.357. The average Bonchev–Trinajstić information content (AvgIpc) is 2.36. The first-order valence-corrected chi connectivity index (χ1v) is 7.21. The van der Waals surface area contributed by atoms with Crippen LogP contribution < -0.4 is 5.32 Å². The Hall–Kier alpha value is -0.800. The molecule has 1 atom stereocenters.